The molecule has 2 aromatic rings. The van der Waals surface area contributed by atoms with Crippen molar-refractivity contribution >= 4 is 11.4 Å². The summed E-state index contributed by atoms with van der Waals surface area (Å²) in [5.74, 6) is 0. The largest absolute Gasteiger partial charge is 0.430 e. The van der Waals surface area contributed by atoms with E-state index in [2.05, 4.69) is 10.2 Å². The molecule has 0 aliphatic carbocycles. The normalized spacial score (nSPS) is 12.2. The topological polar surface area (TPSA) is 45.0 Å². The van der Waals surface area contributed by atoms with Gasteiger partial charge in [-0.1, -0.05) is 36.4 Å². The summed E-state index contributed by atoms with van der Waals surface area (Å²) in [5.41, 5.74) is 1.74. The Kier molecular flexibility index (Phi) is 6.90. The first-order valence-corrected chi connectivity index (χ1v) is 6.33. The van der Waals surface area contributed by atoms with Crippen molar-refractivity contribution in [1.29, 1.82) is 0 Å². The maximum Gasteiger partial charge on any atom is 0.430 e. The van der Waals surface area contributed by atoms with Gasteiger partial charge in [-0.25, -0.2) is 0 Å². The molecule has 0 aromatic heterocycles. The number of aliphatic hydroxyl groups excluding tert-OH is 1. The van der Waals surface area contributed by atoms with Crippen molar-refractivity contribution < 1.29 is 31.4 Å². The lowest BCUT2D eigenvalue weighted by atomic mass is 10.3. The van der Waals surface area contributed by atoms with Gasteiger partial charge in [0.05, 0.1) is 11.4 Å². The summed E-state index contributed by atoms with van der Waals surface area (Å²) in [5, 5.41) is 15.6. The van der Waals surface area contributed by atoms with Gasteiger partial charge in [0.1, 0.15) is 0 Å². The van der Waals surface area contributed by atoms with Crippen LogP contribution in [0.2, 0.25) is 0 Å². The van der Waals surface area contributed by atoms with E-state index >= 15 is 0 Å². The third kappa shape index (κ3) is 7.23. The summed E-state index contributed by atoms with van der Waals surface area (Å²) in [7, 11) is 0. The second-order valence-electron chi connectivity index (χ2n) is 4.22. The van der Waals surface area contributed by atoms with Gasteiger partial charge in [-0.2, -0.15) is 36.6 Å². The lowest BCUT2D eigenvalue weighted by Crippen LogP contribution is -2.33. The summed E-state index contributed by atoms with van der Waals surface area (Å²) in [6, 6.07) is 19.4. The number of rotatable bonds is 2. The maximum atomic E-state index is 10.9. The highest BCUT2D eigenvalue weighted by atomic mass is 19.4. The van der Waals surface area contributed by atoms with Gasteiger partial charge in [-0.3, -0.25) is 0 Å². The molecule has 1 radical (unpaired) electrons. The van der Waals surface area contributed by atoms with Crippen molar-refractivity contribution in [3.05, 3.63) is 66.8 Å². The molecule has 9 heteroatoms. The van der Waals surface area contributed by atoms with E-state index < -0.39 is 18.5 Å². The molecule has 3 nitrogen and oxygen atoms in total. The van der Waals surface area contributed by atoms with Crippen molar-refractivity contribution in [3.63, 3.8) is 0 Å². The summed E-state index contributed by atoms with van der Waals surface area (Å²) in [6.07, 6.45) is -14.9. The average Bonchev–Trinajstić information content (AvgIpc) is 2.53. The highest BCUT2D eigenvalue weighted by Crippen LogP contribution is 2.38. The highest BCUT2D eigenvalue weighted by Gasteiger charge is 2.57. The Hall–Kier alpha value is -2.42. The van der Waals surface area contributed by atoms with Crippen LogP contribution in [0.4, 0.5) is 37.7 Å². The molecule has 0 atom stereocenters. The van der Waals surface area contributed by atoms with Crippen LogP contribution < -0.4 is 0 Å². The van der Waals surface area contributed by atoms with Gasteiger partial charge in [0.25, 0.3) is 0 Å². The van der Waals surface area contributed by atoms with Crippen molar-refractivity contribution in [2.45, 2.75) is 12.4 Å². The van der Waals surface area contributed by atoms with Gasteiger partial charge in [-0.15, -0.1) is 0 Å². The minimum absolute atomic E-state index is 0.872. The maximum absolute atomic E-state index is 10.9. The Balaban J connectivity index is 0.000000257. The molecule has 0 fully saturated rings. The van der Waals surface area contributed by atoms with E-state index in [1.54, 1.807) is 0 Å². The van der Waals surface area contributed by atoms with E-state index in [9.17, 15) is 26.3 Å². The molecule has 0 unspecified atom stereocenters. The van der Waals surface area contributed by atoms with Crippen LogP contribution in [0.15, 0.2) is 70.9 Å². The quantitative estimate of drug-likeness (QED) is 0.515. The van der Waals surface area contributed by atoms with Gasteiger partial charge >= 0.3 is 18.5 Å². The minimum atomic E-state index is -5.71. The Bertz CT molecular complexity index is 570. The van der Waals surface area contributed by atoms with Crippen LogP contribution in [0.5, 0.6) is 0 Å². The molecule has 129 valence electrons. The zero-order valence-electron chi connectivity index (χ0n) is 11.9. The molecule has 2 rings (SSSR count). The van der Waals surface area contributed by atoms with Gasteiger partial charge < -0.3 is 5.11 Å². The fourth-order valence-corrected chi connectivity index (χ4v) is 1.27. The molecule has 0 aliphatic heterocycles. The first kappa shape index (κ1) is 19.6. The van der Waals surface area contributed by atoms with Crippen LogP contribution in [-0.2, 0) is 0 Å². The van der Waals surface area contributed by atoms with E-state index in [0.717, 1.165) is 11.4 Å². The van der Waals surface area contributed by atoms with E-state index in [4.69, 9.17) is 5.11 Å². The molecular formula is C15H11F6N2O. The summed E-state index contributed by atoms with van der Waals surface area (Å²) >= 11 is 0. The third-order valence-electron chi connectivity index (χ3n) is 2.33. The molecule has 0 aliphatic rings. The monoisotopic (exact) mass is 349 g/mol. The number of alkyl halides is 6. The molecule has 0 bridgehead atoms. The number of halogens is 6. The Morgan fingerprint density at radius 2 is 0.917 bits per heavy atom. The molecule has 24 heavy (non-hydrogen) atoms. The van der Waals surface area contributed by atoms with Crippen LogP contribution in [0.1, 0.15) is 0 Å². The number of hydrogen-bond donors (Lipinski definition) is 1. The number of hydrogen-bond acceptors (Lipinski definition) is 3. The van der Waals surface area contributed by atoms with E-state index in [1.165, 1.54) is 0 Å². The van der Waals surface area contributed by atoms with Crippen LogP contribution in [-0.4, -0.2) is 17.5 Å². The van der Waals surface area contributed by atoms with Crippen molar-refractivity contribution in [1.82, 2.24) is 0 Å². The molecule has 0 spiro atoms. The number of aliphatic hydroxyl groups is 1. The van der Waals surface area contributed by atoms with Crippen molar-refractivity contribution in [2.75, 3.05) is 0 Å². The summed E-state index contributed by atoms with van der Waals surface area (Å²) < 4.78 is 65.6. The zero-order valence-corrected chi connectivity index (χ0v) is 11.9. The summed E-state index contributed by atoms with van der Waals surface area (Å²) in [6.45, 7) is 0. The lowest BCUT2D eigenvalue weighted by Gasteiger charge is -2.14. The first-order valence-electron chi connectivity index (χ1n) is 6.33. The predicted octanol–water partition coefficient (Wildman–Crippen LogP) is 6.12. The van der Waals surface area contributed by atoms with Crippen LogP contribution >= 0.6 is 0 Å². The van der Waals surface area contributed by atoms with E-state index in [-0.39, 0.29) is 0 Å². The summed E-state index contributed by atoms with van der Waals surface area (Å²) in [4.78, 5) is 0. The number of benzene rings is 2. The van der Waals surface area contributed by atoms with Gasteiger partial charge in [0.2, 0.25) is 0 Å². The van der Waals surface area contributed by atoms with Crippen LogP contribution in [0, 0.1) is 6.10 Å². The molecule has 0 saturated carbocycles. The molecule has 0 saturated heterocycles. The third-order valence-corrected chi connectivity index (χ3v) is 2.33. The minimum Gasteiger partial charge on any atom is -0.371 e. The van der Waals surface area contributed by atoms with Gasteiger partial charge in [0, 0.05) is 0 Å². The molecular weight excluding hydrogens is 338 g/mol. The number of azo groups is 1. The smallest absolute Gasteiger partial charge is 0.371 e. The molecule has 0 amide bonds. The second-order valence-corrected chi connectivity index (χ2v) is 4.22. The second kappa shape index (κ2) is 8.44. The van der Waals surface area contributed by atoms with Gasteiger partial charge in [-0.05, 0) is 24.3 Å². The molecule has 2 aromatic carbocycles. The van der Waals surface area contributed by atoms with Gasteiger partial charge in [0.15, 0.2) is 0 Å². The van der Waals surface area contributed by atoms with Crippen LogP contribution in [0.25, 0.3) is 0 Å². The lowest BCUT2D eigenvalue weighted by molar-refractivity contribution is -0.251. The Labute approximate surface area is 133 Å². The SMILES string of the molecule is O[C](C(F)(F)F)C(F)(F)F.c1ccc(/N=N/c2ccccc2)cc1. The van der Waals surface area contributed by atoms with E-state index in [1.807, 2.05) is 60.7 Å². The Morgan fingerprint density at radius 1 is 0.625 bits per heavy atom. The van der Waals surface area contributed by atoms with Crippen molar-refractivity contribution in [2.24, 2.45) is 10.2 Å². The highest BCUT2D eigenvalue weighted by molar-refractivity contribution is 5.39. The Morgan fingerprint density at radius 3 is 1.12 bits per heavy atom. The fourth-order valence-electron chi connectivity index (χ4n) is 1.27. The number of nitrogens with zero attached hydrogens (tertiary/aromatic N) is 2. The van der Waals surface area contributed by atoms with Crippen LogP contribution in [0.3, 0.4) is 0 Å². The fraction of sp³-hybridized carbons (Fsp3) is 0.133. The van der Waals surface area contributed by atoms with E-state index in [0.29, 0.717) is 0 Å². The standard InChI is InChI=1S/C12H10N2.C3HF6O/c1-3-7-11(8-4-1)13-14-12-9-5-2-6-10-12;4-2(5,6)1(10)3(7,8)9/h1-10H;10H/b14-13+;. The predicted molar refractivity (Wildman–Crippen MR) is 74.3 cm³/mol. The zero-order chi connectivity index (χ0) is 18.2. The average molecular weight is 349 g/mol. The van der Waals surface area contributed by atoms with Crippen molar-refractivity contribution in [3.8, 4) is 0 Å². The molecule has 1 N–H and O–H groups in total. The first-order chi connectivity index (χ1) is 11.1. The molecule has 0 heterocycles.